The fourth-order valence-corrected chi connectivity index (χ4v) is 5.57. The van der Waals surface area contributed by atoms with Crippen molar-refractivity contribution in [3.63, 3.8) is 0 Å². The van der Waals surface area contributed by atoms with Crippen LogP contribution in [0, 0.1) is 0 Å². The molecule has 2 aromatic rings. The van der Waals surface area contributed by atoms with Crippen LogP contribution in [0.2, 0.25) is 0 Å². The van der Waals surface area contributed by atoms with Gasteiger partial charge in [-0.2, -0.15) is 4.31 Å². The average Bonchev–Trinajstić information content (AvgIpc) is 3.09. The maximum atomic E-state index is 12.5. The summed E-state index contributed by atoms with van der Waals surface area (Å²) in [5, 5.41) is 3.38. The van der Waals surface area contributed by atoms with Gasteiger partial charge in [0.2, 0.25) is 0 Å². The number of benzene rings is 1. The zero-order valence-electron chi connectivity index (χ0n) is 15.0. The number of ether oxygens (including phenoxy) is 1. The standard InChI is InChI=1S/C18H26N2O3S2/c1-4-20(5-2)25(21,22)18-11-10-16(24-18)12-13-19-14-15-8-6-7-9-17(15)23-3/h6-11,19H,4-5,12-14H2,1-3H3. The molecule has 0 unspecified atom stereocenters. The summed E-state index contributed by atoms with van der Waals surface area (Å²) in [5.74, 6) is 0.874. The highest BCUT2D eigenvalue weighted by atomic mass is 32.2. The van der Waals surface area contributed by atoms with Crippen molar-refractivity contribution in [3.05, 3.63) is 46.8 Å². The molecule has 1 aromatic carbocycles. The van der Waals surface area contributed by atoms with Crippen LogP contribution in [0.25, 0.3) is 0 Å². The first-order chi connectivity index (χ1) is 12.0. The van der Waals surface area contributed by atoms with Crippen molar-refractivity contribution in [2.45, 2.75) is 31.0 Å². The normalized spacial score (nSPS) is 11.8. The molecule has 1 aromatic heterocycles. The highest BCUT2D eigenvalue weighted by Gasteiger charge is 2.23. The summed E-state index contributed by atoms with van der Waals surface area (Å²) in [6.07, 6.45) is 0.799. The molecule has 0 bridgehead atoms. The minimum Gasteiger partial charge on any atom is -0.496 e. The van der Waals surface area contributed by atoms with Gasteiger partial charge in [-0.25, -0.2) is 8.42 Å². The van der Waals surface area contributed by atoms with Gasteiger partial charge in [0, 0.05) is 36.6 Å². The third-order valence-electron chi connectivity index (χ3n) is 3.99. The third kappa shape index (κ3) is 5.04. The predicted octanol–water partition coefficient (Wildman–Crippen LogP) is 3.12. The number of methoxy groups -OCH3 is 1. The Balaban J connectivity index is 1.90. The summed E-state index contributed by atoms with van der Waals surface area (Å²) in [4.78, 5) is 1.07. The van der Waals surface area contributed by atoms with Gasteiger partial charge < -0.3 is 10.1 Å². The first kappa shape index (κ1) is 19.9. The van der Waals surface area contributed by atoms with Gasteiger partial charge in [0.15, 0.2) is 0 Å². The Hall–Kier alpha value is -1.41. The van der Waals surface area contributed by atoms with E-state index in [1.807, 2.05) is 44.2 Å². The second-order valence-corrected chi connectivity index (χ2v) is 8.88. The van der Waals surface area contributed by atoms with Gasteiger partial charge >= 0.3 is 0 Å². The number of para-hydroxylation sites is 1. The van der Waals surface area contributed by atoms with Crippen LogP contribution in [0.4, 0.5) is 0 Å². The molecule has 5 nitrogen and oxygen atoms in total. The second kappa shape index (κ2) is 9.33. The second-order valence-electron chi connectivity index (χ2n) is 5.55. The summed E-state index contributed by atoms with van der Waals surface area (Å²) < 4.78 is 32.3. The molecular weight excluding hydrogens is 356 g/mol. The largest absolute Gasteiger partial charge is 0.496 e. The number of hydrogen-bond acceptors (Lipinski definition) is 5. The van der Waals surface area contributed by atoms with Crippen molar-refractivity contribution in [1.82, 2.24) is 9.62 Å². The summed E-state index contributed by atoms with van der Waals surface area (Å²) in [6.45, 7) is 6.21. The van der Waals surface area contributed by atoms with Crippen molar-refractivity contribution in [3.8, 4) is 5.75 Å². The van der Waals surface area contributed by atoms with Gasteiger partial charge in [0.25, 0.3) is 10.0 Å². The molecule has 138 valence electrons. The van der Waals surface area contributed by atoms with E-state index in [0.29, 0.717) is 17.3 Å². The van der Waals surface area contributed by atoms with E-state index in [1.165, 1.54) is 15.6 Å². The Morgan fingerprint density at radius 2 is 1.84 bits per heavy atom. The summed E-state index contributed by atoms with van der Waals surface area (Å²) in [7, 11) is -1.68. The van der Waals surface area contributed by atoms with Gasteiger partial charge in [-0.3, -0.25) is 0 Å². The van der Waals surface area contributed by atoms with E-state index in [0.717, 1.165) is 35.7 Å². The average molecular weight is 383 g/mol. The zero-order valence-corrected chi connectivity index (χ0v) is 16.6. The molecule has 0 spiro atoms. The minimum absolute atomic E-state index is 0.427. The molecule has 0 radical (unpaired) electrons. The van der Waals surface area contributed by atoms with Crippen molar-refractivity contribution in [2.24, 2.45) is 0 Å². The lowest BCUT2D eigenvalue weighted by molar-refractivity contribution is 0.408. The van der Waals surface area contributed by atoms with Crippen LogP contribution in [0.5, 0.6) is 5.75 Å². The van der Waals surface area contributed by atoms with Crippen molar-refractivity contribution >= 4 is 21.4 Å². The first-order valence-corrected chi connectivity index (χ1v) is 10.7. The van der Waals surface area contributed by atoms with E-state index in [4.69, 9.17) is 4.74 Å². The van der Waals surface area contributed by atoms with Gasteiger partial charge in [0.1, 0.15) is 9.96 Å². The molecule has 0 aliphatic heterocycles. The molecule has 1 heterocycles. The molecule has 0 fully saturated rings. The van der Waals surface area contributed by atoms with Gasteiger partial charge in [-0.05, 0) is 24.6 Å². The Kier molecular flexibility index (Phi) is 7.43. The van der Waals surface area contributed by atoms with Crippen LogP contribution in [-0.4, -0.2) is 39.5 Å². The Labute approximate surface area is 154 Å². The van der Waals surface area contributed by atoms with Crippen LogP contribution in [0.3, 0.4) is 0 Å². The number of sulfonamides is 1. The molecule has 0 saturated heterocycles. The van der Waals surface area contributed by atoms with E-state index in [-0.39, 0.29) is 0 Å². The number of nitrogens with one attached hydrogen (secondary N) is 1. The van der Waals surface area contributed by atoms with Crippen LogP contribution in [0.15, 0.2) is 40.6 Å². The summed E-state index contributed by atoms with van der Waals surface area (Å²) >= 11 is 1.36. The predicted molar refractivity (Wildman–Crippen MR) is 103 cm³/mol. The molecule has 0 aliphatic carbocycles. The Morgan fingerprint density at radius 1 is 1.12 bits per heavy atom. The molecule has 25 heavy (non-hydrogen) atoms. The van der Waals surface area contributed by atoms with E-state index in [9.17, 15) is 8.42 Å². The molecule has 0 aliphatic rings. The summed E-state index contributed by atoms with van der Waals surface area (Å²) in [5.41, 5.74) is 1.11. The van der Waals surface area contributed by atoms with Gasteiger partial charge in [-0.15, -0.1) is 11.3 Å². The maximum Gasteiger partial charge on any atom is 0.252 e. The lowest BCUT2D eigenvalue weighted by Crippen LogP contribution is -2.29. The molecule has 0 atom stereocenters. The Bertz CT molecular complexity index is 768. The highest BCUT2D eigenvalue weighted by Crippen LogP contribution is 2.25. The third-order valence-corrected chi connectivity index (χ3v) is 7.66. The fourth-order valence-electron chi connectivity index (χ4n) is 2.61. The molecular formula is C18H26N2O3S2. The molecule has 0 amide bonds. The van der Waals surface area contributed by atoms with Crippen molar-refractivity contribution in [2.75, 3.05) is 26.7 Å². The topological polar surface area (TPSA) is 58.6 Å². The molecule has 2 rings (SSSR count). The van der Waals surface area contributed by atoms with Gasteiger partial charge in [0.05, 0.1) is 7.11 Å². The fraction of sp³-hybridized carbons (Fsp3) is 0.444. The monoisotopic (exact) mass is 382 g/mol. The quantitative estimate of drug-likeness (QED) is 0.642. The van der Waals surface area contributed by atoms with Gasteiger partial charge in [-0.1, -0.05) is 32.0 Å². The van der Waals surface area contributed by atoms with Crippen molar-refractivity contribution < 1.29 is 13.2 Å². The maximum absolute atomic E-state index is 12.5. The van der Waals surface area contributed by atoms with Crippen molar-refractivity contribution in [1.29, 1.82) is 0 Å². The van der Waals surface area contributed by atoms with E-state index >= 15 is 0 Å². The van der Waals surface area contributed by atoms with Crippen LogP contribution in [-0.2, 0) is 23.0 Å². The van der Waals surface area contributed by atoms with Crippen LogP contribution in [0.1, 0.15) is 24.3 Å². The molecule has 0 saturated carbocycles. The lowest BCUT2D eigenvalue weighted by Gasteiger charge is -2.16. The highest BCUT2D eigenvalue weighted by molar-refractivity contribution is 7.91. The smallest absolute Gasteiger partial charge is 0.252 e. The first-order valence-electron chi connectivity index (χ1n) is 8.44. The minimum atomic E-state index is -3.35. The lowest BCUT2D eigenvalue weighted by atomic mass is 10.2. The number of rotatable bonds is 10. The van der Waals surface area contributed by atoms with Crippen LogP contribution >= 0.6 is 11.3 Å². The van der Waals surface area contributed by atoms with E-state index < -0.39 is 10.0 Å². The SMILES string of the molecule is CCN(CC)S(=O)(=O)c1ccc(CCNCc2ccccc2OC)s1. The van der Waals surface area contributed by atoms with Crippen LogP contribution < -0.4 is 10.1 Å². The molecule has 7 heteroatoms. The Morgan fingerprint density at radius 3 is 2.52 bits per heavy atom. The number of thiophene rings is 1. The molecule has 1 N–H and O–H groups in total. The number of nitrogens with zero attached hydrogens (tertiary/aromatic N) is 1. The zero-order chi connectivity index (χ0) is 18.3. The number of hydrogen-bond donors (Lipinski definition) is 1. The van der Waals surface area contributed by atoms with E-state index in [2.05, 4.69) is 5.32 Å². The summed E-state index contributed by atoms with van der Waals surface area (Å²) in [6, 6.07) is 11.5. The van der Waals surface area contributed by atoms with E-state index in [1.54, 1.807) is 13.2 Å².